The second-order valence-electron chi connectivity index (χ2n) is 6.13. The molecule has 0 aliphatic rings. The van der Waals surface area contributed by atoms with Crippen molar-refractivity contribution in [1.29, 1.82) is 0 Å². The number of carbonyl (C=O) groups is 2. The molecule has 0 radical (unpaired) electrons. The minimum absolute atomic E-state index is 0.0930. The predicted molar refractivity (Wildman–Crippen MR) is 107 cm³/mol. The zero-order valence-electron chi connectivity index (χ0n) is 16.4. The Balaban J connectivity index is 1.89. The highest BCUT2D eigenvalue weighted by Crippen LogP contribution is 2.28. The van der Waals surface area contributed by atoms with Gasteiger partial charge in [0.2, 0.25) is 0 Å². The molecule has 2 rings (SSSR count). The van der Waals surface area contributed by atoms with E-state index >= 15 is 0 Å². The average Bonchev–Trinajstić information content (AvgIpc) is 2.67. The van der Waals surface area contributed by atoms with E-state index in [4.69, 9.17) is 9.47 Å². The normalized spacial score (nSPS) is 10.2. The number of amides is 2. The van der Waals surface area contributed by atoms with Gasteiger partial charge in [-0.1, -0.05) is 12.1 Å². The van der Waals surface area contributed by atoms with Crippen LogP contribution in [-0.4, -0.2) is 36.7 Å². The number of benzene rings is 2. The molecule has 28 heavy (non-hydrogen) atoms. The SMILES string of the molecule is CCOc1ccc(CCNC(=O)C(=O)Nc2cc(C)ccc2O)cc1OCC. The maximum Gasteiger partial charge on any atom is 0.313 e. The fourth-order valence-electron chi connectivity index (χ4n) is 2.58. The Hall–Kier alpha value is -3.22. The Bertz CT molecular complexity index is 836. The molecular weight excluding hydrogens is 360 g/mol. The van der Waals surface area contributed by atoms with Gasteiger partial charge in [0.05, 0.1) is 18.9 Å². The number of aromatic hydroxyl groups is 1. The quantitative estimate of drug-likeness (QED) is 0.479. The molecule has 2 amide bonds. The van der Waals surface area contributed by atoms with Crippen LogP contribution in [0.25, 0.3) is 0 Å². The molecule has 0 atom stereocenters. The van der Waals surface area contributed by atoms with E-state index in [-0.39, 0.29) is 18.0 Å². The molecule has 0 heterocycles. The summed E-state index contributed by atoms with van der Waals surface area (Å²) in [5, 5.41) is 14.7. The van der Waals surface area contributed by atoms with Crippen molar-refractivity contribution in [3.05, 3.63) is 47.5 Å². The van der Waals surface area contributed by atoms with Gasteiger partial charge in [0.25, 0.3) is 0 Å². The van der Waals surface area contributed by atoms with Crippen LogP contribution < -0.4 is 20.1 Å². The maximum atomic E-state index is 12.0. The number of hydrogen-bond donors (Lipinski definition) is 3. The van der Waals surface area contributed by atoms with Crippen molar-refractivity contribution in [1.82, 2.24) is 5.32 Å². The van der Waals surface area contributed by atoms with Gasteiger partial charge >= 0.3 is 11.8 Å². The van der Waals surface area contributed by atoms with Crippen LogP contribution in [-0.2, 0) is 16.0 Å². The third kappa shape index (κ3) is 5.90. The number of anilines is 1. The zero-order valence-corrected chi connectivity index (χ0v) is 16.4. The molecule has 0 aromatic heterocycles. The minimum Gasteiger partial charge on any atom is -0.506 e. The van der Waals surface area contributed by atoms with Crippen LogP contribution in [0.4, 0.5) is 5.69 Å². The van der Waals surface area contributed by atoms with Gasteiger partial charge in [0.15, 0.2) is 11.5 Å². The van der Waals surface area contributed by atoms with Crippen molar-refractivity contribution in [3.63, 3.8) is 0 Å². The molecule has 0 saturated heterocycles. The highest BCUT2D eigenvalue weighted by atomic mass is 16.5. The van der Waals surface area contributed by atoms with E-state index in [9.17, 15) is 14.7 Å². The van der Waals surface area contributed by atoms with Crippen LogP contribution in [0.1, 0.15) is 25.0 Å². The Morgan fingerprint density at radius 1 is 0.964 bits per heavy atom. The standard InChI is InChI=1S/C21H26N2O5/c1-4-27-18-9-7-15(13-19(18)28-5-2)10-11-22-20(25)21(26)23-16-12-14(3)6-8-17(16)24/h6-9,12-13,24H,4-5,10-11H2,1-3H3,(H,22,25)(H,23,26). The first-order valence-electron chi connectivity index (χ1n) is 9.21. The first-order chi connectivity index (χ1) is 13.4. The zero-order chi connectivity index (χ0) is 20.5. The summed E-state index contributed by atoms with van der Waals surface area (Å²) in [4.78, 5) is 24.0. The maximum absolute atomic E-state index is 12.0. The Kier molecular flexibility index (Phi) is 7.68. The average molecular weight is 386 g/mol. The molecule has 0 bridgehead atoms. The third-order valence-corrected chi connectivity index (χ3v) is 3.91. The van der Waals surface area contributed by atoms with Crippen molar-refractivity contribution in [3.8, 4) is 17.2 Å². The largest absolute Gasteiger partial charge is 0.506 e. The van der Waals surface area contributed by atoms with Crippen molar-refractivity contribution < 1.29 is 24.2 Å². The van der Waals surface area contributed by atoms with Crippen LogP contribution in [0.2, 0.25) is 0 Å². The van der Waals surface area contributed by atoms with Crippen LogP contribution in [0.5, 0.6) is 17.2 Å². The summed E-state index contributed by atoms with van der Waals surface area (Å²) < 4.78 is 11.1. The summed E-state index contributed by atoms with van der Waals surface area (Å²) >= 11 is 0. The third-order valence-electron chi connectivity index (χ3n) is 3.91. The van der Waals surface area contributed by atoms with Gasteiger partial charge in [-0.15, -0.1) is 0 Å². The molecular formula is C21H26N2O5. The van der Waals surface area contributed by atoms with E-state index in [2.05, 4.69) is 10.6 Å². The number of phenols is 1. The number of rotatable bonds is 8. The summed E-state index contributed by atoms with van der Waals surface area (Å²) in [6.07, 6.45) is 0.529. The van der Waals surface area contributed by atoms with E-state index < -0.39 is 11.8 Å². The highest BCUT2D eigenvalue weighted by molar-refractivity contribution is 6.39. The predicted octanol–water partition coefficient (Wildman–Crippen LogP) is 2.80. The number of nitrogens with one attached hydrogen (secondary N) is 2. The molecule has 0 saturated carbocycles. The van der Waals surface area contributed by atoms with Gasteiger partial charge < -0.3 is 25.2 Å². The lowest BCUT2D eigenvalue weighted by molar-refractivity contribution is -0.136. The van der Waals surface area contributed by atoms with Crippen molar-refractivity contribution >= 4 is 17.5 Å². The van der Waals surface area contributed by atoms with E-state index in [0.717, 1.165) is 11.1 Å². The lowest BCUT2D eigenvalue weighted by Crippen LogP contribution is -2.36. The molecule has 0 aliphatic carbocycles. The topological polar surface area (TPSA) is 96.9 Å². The summed E-state index contributed by atoms with van der Waals surface area (Å²) in [5.41, 5.74) is 2.01. The molecule has 0 aliphatic heterocycles. The fourth-order valence-corrected chi connectivity index (χ4v) is 2.58. The van der Waals surface area contributed by atoms with Crippen LogP contribution in [0, 0.1) is 6.92 Å². The highest BCUT2D eigenvalue weighted by Gasteiger charge is 2.15. The van der Waals surface area contributed by atoms with E-state index in [1.54, 1.807) is 12.1 Å². The number of ether oxygens (including phenoxy) is 2. The lowest BCUT2D eigenvalue weighted by Gasteiger charge is -2.13. The Morgan fingerprint density at radius 2 is 1.68 bits per heavy atom. The smallest absolute Gasteiger partial charge is 0.313 e. The monoisotopic (exact) mass is 386 g/mol. The molecule has 7 heteroatoms. The fraction of sp³-hybridized carbons (Fsp3) is 0.333. The van der Waals surface area contributed by atoms with Gasteiger partial charge in [-0.3, -0.25) is 9.59 Å². The van der Waals surface area contributed by atoms with E-state index in [1.165, 1.54) is 6.07 Å². The molecule has 0 unspecified atom stereocenters. The number of carbonyl (C=O) groups excluding carboxylic acids is 2. The van der Waals surface area contributed by atoms with Gasteiger partial charge in [0.1, 0.15) is 5.75 Å². The summed E-state index contributed by atoms with van der Waals surface area (Å²) in [5.74, 6) is -0.362. The second-order valence-corrected chi connectivity index (χ2v) is 6.13. The van der Waals surface area contributed by atoms with E-state index in [0.29, 0.717) is 31.1 Å². The van der Waals surface area contributed by atoms with Crippen molar-refractivity contribution in [2.24, 2.45) is 0 Å². The first kappa shape index (κ1) is 21.1. The van der Waals surface area contributed by atoms with Gasteiger partial charge in [-0.2, -0.15) is 0 Å². The molecule has 0 spiro atoms. The molecule has 0 fully saturated rings. The molecule has 2 aromatic rings. The molecule has 3 N–H and O–H groups in total. The summed E-state index contributed by atoms with van der Waals surface area (Å²) in [7, 11) is 0. The first-order valence-corrected chi connectivity index (χ1v) is 9.21. The molecule has 150 valence electrons. The Morgan fingerprint density at radius 3 is 2.39 bits per heavy atom. The van der Waals surface area contributed by atoms with Crippen molar-refractivity contribution in [2.45, 2.75) is 27.2 Å². The van der Waals surface area contributed by atoms with Gasteiger partial charge in [-0.25, -0.2) is 0 Å². The number of aryl methyl sites for hydroxylation is 1. The van der Waals surface area contributed by atoms with Gasteiger partial charge in [-0.05, 0) is 62.6 Å². The Labute approximate surface area is 164 Å². The summed E-state index contributed by atoms with van der Waals surface area (Å²) in [6, 6.07) is 10.4. The number of hydrogen-bond acceptors (Lipinski definition) is 5. The van der Waals surface area contributed by atoms with E-state index in [1.807, 2.05) is 39.0 Å². The molecule has 7 nitrogen and oxygen atoms in total. The second kappa shape index (κ2) is 10.2. The minimum atomic E-state index is -0.831. The van der Waals surface area contributed by atoms with Crippen LogP contribution in [0.3, 0.4) is 0 Å². The number of phenolic OH excluding ortho intramolecular Hbond substituents is 1. The molecule has 2 aromatic carbocycles. The lowest BCUT2D eigenvalue weighted by atomic mass is 10.1. The summed E-state index contributed by atoms with van der Waals surface area (Å²) in [6.45, 7) is 6.97. The van der Waals surface area contributed by atoms with Crippen LogP contribution >= 0.6 is 0 Å². The van der Waals surface area contributed by atoms with Crippen molar-refractivity contribution in [2.75, 3.05) is 25.1 Å². The van der Waals surface area contributed by atoms with Crippen LogP contribution in [0.15, 0.2) is 36.4 Å². The van der Waals surface area contributed by atoms with Gasteiger partial charge in [0, 0.05) is 6.54 Å².